The molecule has 0 fully saturated rings. The molecule has 0 unspecified atom stereocenters. The van der Waals surface area contributed by atoms with Gasteiger partial charge >= 0.3 is 0 Å². The zero-order valence-electron chi connectivity index (χ0n) is 8.80. The summed E-state index contributed by atoms with van der Waals surface area (Å²) in [5.41, 5.74) is 5.32. The molecular formula is C9H19N3O2. The summed E-state index contributed by atoms with van der Waals surface area (Å²) >= 11 is 0. The maximum atomic E-state index is 11.1. The molecule has 4 N–H and O–H groups in total. The highest BCUT2D eigenvalue weighted by Crippen LogP contribution is 1.81. The van der Waals surface area contributed by atoms with Crippen LogP contribution in [0.1, 0.15) is 26.7 Å². The second-order valence-corrected chi connectivity index (χ2v) is 3.18. The number of hydrogen-bond donors (Lipinski definition) is 3. The first kappa shape index (κ1) is 12.9. The smallest absolute Gasteiger partial charge is 0.236 e. The second-order valence-electron chi connectivity index (χ2n) is 3.18. The third kappa shape index (κ3) is 6.42. The molecule has 0 saturated carbocycles. The molecule has 0 aliphatic rings. The van der Waals surface area contributed by atoms with Gasteiger partial charge in [0.1, 0.15) is 0 Å². The lowest BCUT2D eigenvalue weighted by Gasteiger charge is -2.07. The Morgan fingerprint density at radius 2 is 1.93 bits per heavy atom. The summed E-state index contributed by atoms with van der Waals surface area (Å²) < 4.78 is 0. The van der Waals surface area contributed by atoms with Crippen molar-refractivity contribution in [2.75, 3.05) is 13.1 Å². The molecule has 0 aliphatic heterocycles. The minimum atomic E-state index is -0.520. The molecule has 5 heteroatoms. The fourth-order valence-electron chi connectivity index (χ4n) is 0.813. The van der Waals surface area contributed by atoms with E-state index in [1.807, 2.05) is 6.92 Å². The standard InChI is InChI=1S/C9H19N3O2/c1-3-5-11-8(13)4-6-12-9(14)7(2)10/h7H,3-6,10H2,1-2H3,(H,11,13)(H,12,14)/t7-/m0/s1. The Morgan fingerprint density at radius 3 is 2.43 bits per heavy atom. The summed E-state index contributed by atoms with van der Waals surface area (Å²) in [5.74, 6) is -0.273. The van der Waals surface area contributed by atoms with Gasteiger partial charge in [-0.2, -0.15) is 0 Å². The van der Waals surface area contributed by atoms with Crippen molar-refractivity contribution in [3.8, 4) is 0 Å². The van der Waals surface area contributed by atoms with Crippen LogP contribution in [0.25, 0.3) is 0 Å². The number of amides is 2. The van der Waals surface area contributed by atoms with E-state index >= 15 is 0 Å². The van der Waals surface area contributed by atoms with Crippen LogP contribution in [0.15, 0.2) is 0 Å². The van der Waals surface area contributed by atoms with Gasteiger partial charge in [0.05, 0.1) is 6.04 Å². The van der Waals surface area contributed by atoms with Gasteiger partial charge in [-0.15, -0.1) is 0 Å². The third-order valence-corrected chi connectivity index (χ3v) is 1.64. The molecule has 82 valence electrons. The van der Waals surface area contributed by atoms with Gasteiger partial charge in [0.25, 0.3) is 0 Å². The highest BCUT2D eigenvalue weighted by molar-refractivity contribution is 5.82. The molecule has 0 saturated heterocycles. The zero-order valence-corrected chi connectivity index (χ0v) is 8.80. The van der Waals surface area contributed by atoms with Crippen LogP contribution in [0.2, 0.25) is 0 Å². The lowest BCUT2D eigenvalue weighted by Crippen LogP contribution is -2.40. The molecule has 0 rings (SSSR count). The summed E-state index contributed by atoms with van der Waals surface area (Å²) in [5, 5.41) is 5.28. The Kier molecular flexibility index (Phi) is 6.74. The molecule has 1 atom stereocenters. The first-order valence-corrected chi connectivity index (χ1v) is 4.88. The van der Waals surface area contributed by atoms with Gasteiger partial charge in [0.15, 0.2) is 0 Å². The maximum absolute atomic E-state index is 11.1. The molecule has 0 radical (unpaired) electrons. The molecule has 0 aromatic heterocycles. The van der Waals surface area contributed by atoms with Crippen molar-refractivity contribution in [1.29, 1.82) is 0 Å². The van der Waals surface area contributed by atoms with Gasteiger partial charge in [-0.05, 0) is 13.3 Å². The van der Waals surface area contributed by atoms with E-state index in [9.17, 15) is 9.59 Å². The molecular weight excluding hydrogens is 182 g/mol. The van der Waals surface area contributed by atoms with Crippen LogP contribution < -0.4 is 16.4 Å². The van der Waals surface area contributed by atoms with E-state index in [2.05, 4.69) is 10.6 Å². The van der Waals surface area contributed by atoms with Crippen molar-refractivity contribution in [2.45, 2.75) is 32.7 Å². The topological polar surface area (TPSA) is 84.2 Å². The van der Waals surface area contributed by atoms with Gasteiger partial charge in [0.2, 0.25) is 11.8 Å². The summed E-state index contributed by atoms with van der Waals surface area (Å²) in [6.45, 7) is 4.61. The van der Waals surface area contributed by atoms with E-state index in [1.165, 1.54) is 0 Å². The molecule has 0 bridgehead atoms. The molecule has 0 heterocycles. The molecule has 14 heavy (non-hydrogen) atoms. The van der Waals surface area contributed by atoms with Gasteiger partial charge in [-0.1, -0.05) is 6.92 Å². The minimum absolute atomic E-state index is 0.0446. The van der Waals surface area contributed by atoms with Gasteiger partial charge in [-0.25, -0.2) is 0 Å². The molecule has 2 amide bonds. The summed E-state index contributed by atoms with van der Waals surface area (Å²) in [6, 6.07) is -0.520. The highest BCUT2D eigenvalue weighted by Gasteiger charge is 2.06. The Labute approximate surface area is 84.4 Å². The van der Waals surface area contributed by atoms with E-state index < -0.39 is 6.04 Å². The predicted octanol–water partition coefficient (Wildman–Crippen LogP) is -0.634. The van der Waals surface area contributed by atoms with Crippen molar-refractivity contribution < 1.29 is 9.59 Å². The van der Waals surface area contributed by atoms with E-state index in [4.69, 9.17) is 5.73 Å². The predicted molar refractivity (Wildman–Crippen MR) is 54.6 cm³/mol. The lowest BCUT2D eigenvalue weighted by atomic mass is 10.3. The van der Waals surface area contributed by atoms with Crippen LogP contribution in [-0.4, -0.2) is 30.9 Å². The molecule has 0 aromatic rings. The van der Waals surface area contributed by atoms with Crippen LogP contribution in [-0.2, 0) is 9.59 Å². The SMILES string of the molecule is CCCNC(=O)CCNC(=O)[C@H](C)N. The monoisotopic (exact) mass is 201 g/mol. The second kappa shape index (κ2) is 7.32. The highest BCUT2D eigenvalue weighted by atomic mass is 16.2. The van der Waals surface area contributed by atoms with Crippen molar-refractivity contribution >= 4 is 11.8 Å². The van der Waals surface area contributed by atoms with Crippen molar-refractivity contribution in [1.82, 2.24) is 10.6 Å². The van der Waals surface area contributed by atoms with E-state index in [-0.39, 0.29) is 11.8 Å². The molecule has 5 nitrogen and oxygen atoms in total. The quantitative estimate of drug-likeness (QED) is 0.535. The van der Waals surface area contributed by atoms with Crippen molar-refractivity contribution in [3.05, 3.63) is 0 Å². The van der Waals surface area contributed by atoms with Gasteiger partial charge in [0, 0.05) is 19.5 Å². The summed E-state index contributed by atoms with van der Waals surface area (Å²) in [6.07, 6.45) is 1.22. The first-order chi connectivity index (χ1) is 6.57. The number of carbonyl (C=O) groups is 2. The Hall–Kier alpha value is -1.10. The van der Waals surface area contributed by atoms with Crippen LogP contribution >= 0.6 is 0 Å². The number of nitrogens with two attached hydrogens (primary N) is 1. The maximum Gasteiger partial charge on any atom is 0.236 e. The van der Waals surface area contributed by atoms with Crippen LogP contribution in [0.5, 0.6) is 0 Å². The van der Waals surface area contributed by atoms with Crippen molar-refractivity contribution in [2.24, 2.45) is 5.73 Å². The summed E-state index contributed by atoms with van der Waals surface area (Å²) in [4.78, 5) is 22.0. The Morgan fingerprint density at radius 1 is 1.29 bits per heavy atom. The Balaban J connectivity index is 3.44. The molecule has 0 spiro atoms. The zero-order chi connectivity index (χ0) is 11.0. The average Bonchev–Trinajstić information content (AvgIpc) is 2.14. The number of rotatable bonds is 6. The normalized spacial score (nSPS) is 11.9. The minimum Gasteiger partial charge on any atom is -0.356 e. The van der Waals surface area contributed by atoms with Gasteiger partial charge in [-0.3, -0.25) is 9.59 Å². The fourth-order valence-corrected chi connectivity index (χ4v) is 0.813. The fraction of sp³-hybridized carbons (Fsp3) is 0.778. The van der Waals surface area contributed by atoms with E-state index in [0.717, 1.165) is 6.42 Å². The number of nitrogens with one attached hydrogen (secondary N) is 2. The largest absolute Gasteiger partial charge is 0.356 e. The van der Waals surface area contributed by atoms with Crippen molar-refractivity contribution in [3.63, 3.8) is 0 Å². The summed E-state index contributed by atoms with van der Waals surface area (Å²) in [7, 11) is 0. The average molecular weight is 201 g/mol. The Bertz CT molecular complexity index is 192. The molecule has 0 aromatic carbocycles. The number of hydrogen-bond acceptors (Lipinski definition) is 3. The lowest BCUT2D eigenvalue weighted by molar-refractivity contribution is -0.122. The molecule has 0 aliphatic carbocycles. The third-order valence-electron chi connectivity index (χ3n) is 1.64. The van der Waals surface area contributed by atoms with Gasteiger partial charge < -0.3 is 16.4 Å². The van der Waals surface area contributed by atoms with Crippen LogP contribution in [0.3, 0.4) is 0 Å². The van der Waals surface area contributed by atoms with E-state index in [1.54, 1.807) is 6.92 Å². The van der Waals surface area contributed by atoms with Crippen LogP contribution in [0, 0.1) is 0 Å². The number of carbonyl (C=O) groups excluding carboxylic acids is 2. The first-order valence-electron chi connectivity index (χ1n) is 4.88. The van der Waals surface area contributed by atoms with Crippen LogP contribution in [0.4, 0.5) is 0 Å². The van der Waals surface area contributed by atoms with E-state index in [0.29, 0.717) is 19.5 Å².